The van der Waals surface area contributed by atoms with Crippen LogP contribution >= 0.6 is 12.2 Å². The molecule has 0 unspecified atom stereocenters. The van der Waals surface area contributed by atoms with Gasteiger partial charge in [-0.1, -0.05) is 84.9 Å². The monoisotopic (exact) mass is 572 g/mol. The third kappa shape index (κ3) is 7.59. The molecule has 0 aliphatic carbocycles. The summed E-state index contributed by atoms with van der Waals surface area (Å²) in [4.78, 5) is 26.4. The van der Waals surface area contributed by atoms with Crippen molar-refractivity contribution in [3.05, 3.63) is 150 Å². The molecule has 42 heavy (non-hydrogen) atoms. The second-order valence-electron chi connectivity index (χ2n) is 9.23. The number of carbonyl (C=O) groups is 2. The van der Waals surface area contributed by atoms with Crippen molar-refractivity contribution >= 4 is 46.6 Å². The van der Waals surface area contributed by atoms with Crippen molar-refractivity contribution in [3.8, 4) is 11.3 Å². The molecule has 0 saturated carbocycles. The van der Waals surface area contributed by atoms with Gasteiger partial charge in [0.05, 0.1) is 0 Å². The predicted molar refractivity (Wildman–Crippen MR) is 171 cm³/mol. The highest BCUT2D eigenvalue weighted by Crippen LogP contribution is 2.23. The molecule has 0 aliphatic rings. The van der Waals surface area contributed by atoms with E-state index in [4.69, 9.17) is 16.6 Å². The number of furan rings is 1. The normalized spacial score (nSPS) is 10.9. The molecule has 4 N–H and O–H groups in total. The van der Waals surface area contributed by atoms with Crippen LogP contribution in [0.5, 0.6) is 0 Å². The molecule has 0 aliphatic heterocycles. The van der Waals surface area contributed by atoms with Crippen LogP contribution in [0.3, 0.4) is 0 Å². The van der Waals surface area contributed by atoms with E-state index in [0.717, 1.165) is 22.5 Å². The van der Waals surface area contributed by atoms with Crippen molar-refractivity contribution in [3.63, 3.8) is 0 Å². The van der Waals surface area contributed by atoms with Crippen molar-refractivity contribution in [2.75, 3.05) is 10.6 Å². The number of anilines is 2. The van der Waals surface area contributed by atoms with E-state index >= 15 is 0 Å². The Morgan fingerprint density at radius 1 is 0.714 bits per heavy atom. The summed E-state index contributed by atoms with van der Waals surface area (Å²) in [6, 6.07) is 39.0. The predicted octanol–water partition coefficient (Wildman–Crippen LogP) is 6.84. The lowest BCUT2D eigenvalue weighted by molar-refractivity contribution is -0.117. The molecular formula is C34H28N4O3S. The molecular weight excluding hydrogens is 544 g/mol. The Hall–Kier alpha value is -5.47. The summed E-state index contributed by atoms with van der Waals surface area (Å²) in [6.45, 7) is 0.182. The summed E-state index contributed by atoms with van der Waals surface area (Å²) >= 11 is 5.48. The highest BCUT2D eigenvalue weighted by atomic mass is 32.1. The van der Waals surface area contributed by atoms with Gasteiger partial charge in [0.1, 0.15) is 17.2 Å². The van der Waals surface area contributed by atoms with E-state index in [1.54, 1.807) is 30.3 Å². The van der Waals surface area contributed by atoms with Gasteiger partial charge in [0.15, 0.2) is 5.11 Å². The van der Waals surface area contributed by atoms with Gasteiger partial charge in [-0.3, -0.25) is 9.59 Å². The summed E-state index contributed by atoms with van der Waals surface area (Å²) in [6.07, 6.45) is 1.52. The third-order valence-corrected chi connectivity index (χ3v) is 6.44. The third-order valence-electron chi connectivity index (χ3n) is 6.24. The van der Waals surface area contributed by atoms with Crippen molar-refractivity contribution in [1.82, 2.24) is 10.6 Å². The lowest BCUT2D eigenvalue weighted by Crippen LogP contribution is -2.34. The van der Waals surface area contributed by atoms with Crippen LogP contribution in [0.1, 0.15) is 21.7 Å². The molecule has 1 heterocycles. The van der Waals surface area contributed by atoms with Crippen LogP contribution in [0.2, 0.25) is 0 Å². The molecule has 7 nitrogen and oxygen atoms in total. The van der Waals surface area contributed by atoms with Gasteiger partial charge in [-0.25, -0.2) is 0 Å². The zero-order valence-electron chi connectivity index (χ0n) is 22.5. The minimum Gasteiger partial charge on any atom is -0.457 e. The molecule has 8 heteroatoms. The molecule has 0 spiro atoms. The van der Waals surface area contributed by atoms with Crippen molar-refractivity contribution < 1.29 is 14.0 Å². The molecule has 0 saturated heterocycles. The van der Waals surface area contributed by atoms with Crippen LogP contribution in [-0.4, -0.2) is 16.9 Å². The van der Waals surface area contributed by atoms with Crippen molar-refractivity contribution in [2.24, 2.45) is 0 Å². The average molecular weight is 573 g/mol. The molecule has 208 valence electrons. The Morgan fingerprint density at radius 2 is 1.36 bits per heavy atom. The summed E-state index contributed by atoms with van der Waals surface area (Å²) < 4.78 is 5.97. The fourth-order valence-electron chi connectivity index (χ4n) is 4.15. The topological polar surface area (TPSA) is 95.4 Å². The minimum absolute atomic E-state index is 0.0459. The number of hydrogen-bond donors (Lipinski definition) is 4. The molecule has 0 radical (unpaired) electrons. The largest absolute Gasteiger partial charge is 0.457 e. The zero-order valence-corrected chi connectivity index (χ0v) is 23.4. The maximum atomic E-state index is 13.4. The first-order valence-electron chi connectivity index (χ1n) is 13.3. The maximum Gasteiger partial charge on any atom is 0.268 e. The Labute approximate surface area is 249 Å². The van der Waals surface area contributed by atoms with Gasteiger partial charge >= 0.3 is 0 Å². The molecule has 1 aromatic heterocycles. The number of benzene rings is 4. The van der Waals surface area contributed by atoms with Crippen LogP contribution in [0.4, 0.5) is 11.4 Å². The highest BCUT2D eigenvalue weighted by molar-refractivity contribution is 7.80. The molecule has 0 atom stereocenters. The van der Waals surface area contributed by atoms with E-state index in [1.165, 1.54) is 6.08 Å². The molecule has 5 aromatic rings. The number of nitrogens with one attached hydrogen (secondary N) is 4. The van der Waals surface area contributed by atoms with E-state index in [0.29, 0.717) is 22.2 Å². The van der Waals surface area contributed by atoms with Crippen LogP contribution < -0.4 is 21.3 Å². The standard InChI is InChI=1S/C34H28N4O3S/c39-32(25-14-6-2-7-15-25)37-30(22-28-20-21-31(41-28)24-12-4-1-5-13-24)33(40)35-23-26-16-10-11-19-29(26)38-34(42)36-27-17-8-3-9-18-27/h1-22H,23H2,(H,35,40)(H,37,39)(H2,36,38,42)/b30-22-. The summed E-state index contributed by atoms with van der Waals surface area (Å²) in [5.74, 6) is 0.186. The second-order valence-corrected chi connectivity index (χ2v) is 9.64. The molecule has 4 aromatic carbocycles. The summed E-state index contributed by atoms with van der Waals surface area (Å²) in [5.41, 5.74) is 3.78. The molecule has 5 rings (SSSR count). The number of amides is 2. The van der Waals surface area contributed by atoms with Crippen molar-refractivity contribution in [2.45, 2.75) is 6.54 Å². The SMILES string of the molecule is O=C(NCc1ccccc1NC(=S)Nc1ccccc1)/C(=C/c1ccc(-c2ccccc2)o1)NC(=O)c1ccccc1. The fourth-order valence-corrected chi connectivity index (χ4v) is 4.37. The minimum atomic E-state index is -0.475. The van der Waals surface area contributed by atoms with Gasteiger partial charge in [0, 0.05) is 35.1 Å². The van der Waals surface area contributed by atoms with Gasteiger partial charge in [0.25, 0.3) is 11.8 Å². The first kappa shape index (κ1) is 28.1. The summed E-state index contributed by atoms with van der Waals surface area (Å²) in [5, 5.41) is 12.4. The molecule has 0 bridgehead atoms. The van der Waals surface area contributed by atoms with E-state index in [9.17, 15) is 9.59 Å². The van der Waals surface area contributed by atoms with E-state index in [1.807, 2.05) is 97.1 Å². The number of rotatable bonds is 9. The van der Waals surface area contributed by atoms with Gasteiger partial charge in [0.2, 0.25) is 0 Å². The Bertz CT molecular complexity index is 1700. The van der Waals surface area contributed by atoms with Gasteiger partial charge in [-0.2, -0.15) is 0 Å². The smallest absolute Gasteiger partial charge is 0.268 e. The van der Waals surface area contributed by atoms with Crippen LogP contribution in [0, 0.1) is 0 Å². The van der Waals surface area contributed by atoms with Gasteiger partial charge in [-0.05, 0) is 60.2 Å². The Kier molecular flexibility index (Phi) is 9.18. The number of carbonyl (C=O) groups excluding carboxylic acids is 2. The van der Waals surface area contributed by atoms with Crippen LogP contribution in [-0.2, 0) is 11.3 Å². The quantitative estimate of drug-likeness (QED) is 0.114. The Balaban J connectivity index is 1.32. The molecule has 2 amide bonds. The first-order valence-corrected chi connectivity index (χ1v) is 13.7. The van der Waals surface area contributed by atoms with E-state index in [-0.39, 0.29) is 12.2 Å². The van der Waals surface area contributed by atoms with E-state index in [2.05, 4.69) is 21.3 Å². The lowest BCUT2D eigenvalue weighted by Gasteiger charge is -2.15. The lowest BCUT2D eigenvalue weighted by atomic mass is 10.1. The van der Waals surface area contributed by atoms with Crippen LogP contribution in [0.15, 0.2) is 138 Å². The first-order chi connectivity index (χ1) is 20.5. The number of para-hydroxylation sites is 2. The Morgan fingerprint density at radius 3 is 2.10 bits per heavy atom. The second kappa shape index (κ2) is 13.7. The van der Waals surface area contributed by atoms with Gasteiger partial charge < -0.3 is 25.7 Å². The summed E-state index contributed by atoms with van der Waals surface area (Å²) in [7, 11) is 0. The number of thiocarbonyl (C=S) groups is 1. The number of hydrogen-bond acceptors (Lipinski definition) is 4. The van der Waals surface area contributed by atoms with Gasteiger partial charge in [-0.15, -0.1) is 0 Å². The maximum absolute atomic E-state index is 13.4. The highest BCUT2D eigenvalue weighted by Gasteiger charge is 2.16. The van der Waals surface area contributed by atoms with Crippen LogP contribution in [0.25, 0.3) is 17.4 Å². The van der Waals surface area contributed by atoms with E-state index < -0.39 is 11.8 Å². The van der Waals surface area contributed by atoms with Crippen molar-refractivity contribution in [1.29, 1.82) is 0 Å². The zero-order chi connectivity index (χ0) is 29.1. The molecule has 0 fully saturated rings. The fraction of sp³-hybridized carbons (Fsp3) is 0.0294. The average Bonchev–Trinajstić information content (AvgIpc) is 3.50.